The highest BCUT2D eigenvalue weighted by atomic mass is 15.1. The largest absolute Gasteiger partial charge is 0.345 e. The maximum absolute atomic E-state index is 2.37. The van der Waals surface area contributed by atoms with Crippen LogP contribution in [0.15, 0.2) is 140 Å². The Morgan fingerprint density at radius 1 is 0.419 bits per heavy atom. The summed E-state index contributed by atoms with van der Waals surface area (Å²) in [6.45, 7) is 2.15. The first-order chi connectivity index (χ1) is 21.1. The van der Waals surface area contributed by atoms with Crippen LogP contribution in [-0.4, -0.2) is 7.05 Å². The van der Waals surface area contributed by atoms with E-state index in [1.54, 1.807) is 0 Å². The minimum atomic E-state index is 1.17. The maximum atomic E-state index is 2.37. The van der Waals surface area contributed by atoms with Crippen molar-refractivity contribution in [1.82, 2.24) is 0 Å². The van der Waals surface area contributed by atoms with E-state index in [4.69, 9.17) is 0 Å². The van der Waals surface area contributed by atoms with Gasteiger partial charge in [0.25, 0.3) is 0 Å². The fraction of sp³-hybridized carbons (Fsp3) is 0.0952. The third-order valence-electron chi connectivity index (χ3n) is 9.25. The molecule has 0 bridgehead atoms. The summed E-state index contributed by atoms with van der Waals surface area (Å²) in [6, 6.07) is 51.6. The molecule has 0 atom stereocenters. The molecule has 1 aliphatic carbocycles. The first-order valence-corrected chi connectivity index (χ1v) is 15.2. The molecule has 0 spiro atoms. The van der Waals surface area contributed by atoms with Crippen molar-refractivity contribution in [3.63, 3.8) is 0 Å². The Labute approximate surface area is 253 Å². The van der Waals surface area contributed by atoms with Crippen LogP contribution in [-0.2, 0) is 12.8 Å². The Morgan fingerprint density at radius 2 is 0.930 bits per heavy atom. The van der Waals surface area contributed by atoms with Gasteiger partial charge in [0, 0.05) is 18.4 Å². The number of benzene rings is 7. The number of nitrogens with zero attached hydrogens (tertiary/aromatic N) is 1. The third-order valence-corrected chi connectivity index (χ3v) is 9.25. The molecular weight excluding hydrogens is 518 g/mol. The minimum Gasteiger partial charge on any atom is -0.345 e. The second kappa shape index (κ2) is 10.3. The molecule has 1 nitrogen and oxygen atoms in total. The average molecular weight is 552 g/mol. The summed E-state index contributed by atoms with van der Waals surface area (Å²) in [5.74, 6) is 0. The minimum absolute atomic E-state index is 1.17. The second-order valence-corrected chi connectivity index (χ2v) is 11.8. The van der Waals surface area contributed by atoms with E-state index in [1.165, 1.54) is 95.8 Å². The summed E-state index contributed by atoms with van der Waals surface area (Å²) >= 11 is 0. The molecule has 7 aromatic rings. The van der Waals surface area contributed by atoms with Gasteiger partial charge in [-0.05, 0) is 110 Å². The highest BCUT2D eigenvalue weighted by Gasteiger charge is 2.17. The monoisotopic (exact) mass is 551 g/mol. The number of aryl methyl sites for hydroxylation is 3. The van der Waals surface area contributed by atoms with Crippen molar-refractivity contribution < 1.29 is 0 Å². The van der Waals surface area contributed by atoms with Gasteiger partial charge in [0.05, 0.1) is 0 Å². The van der Waals surface area contributed by atoms with E-state index >= 15 is 0 Å². The lowest BCUT2D eigenvalue weighted by Crippen LogP contribution is -2.09. The lowest BCUT2D eigenvalue weighted by molar-refractivity contribution is 0.840. The quantitative estimate of drug-likeness (QED) is 0.192. The van der Waals surface area contributed by atoms with Crippen LogP contribution in [0.2, 0.25) is 0 Å². The van der Waals surface area contributed by atoms with Gasteiger partial charge < -0.3 is 4.90 Å². The van der Waals surface area contributed by atoms with Gasteiger partial charge in [-0.15, -0.1) is 0 Å². The van der Waals surface area contributed by atoms with Gasteiger partial charge in [-0.25, -0.2) is 0 Å². The molecule has 0 amide bonds. The predicted molar refractivity (Wildman–Crippen MR) is 184 cm³/mol. The SMILES string of the molecule is Cc1ccc(-c2c3ccccc3c(-c3ccc(N(C)c4cccc(-c5ccc6c(c5)CC6)c4)cc3)c3ccccc23)cc1. The zero-order valence-electron chi connectivity index (χ0n) is 24.6. The molecule has 7 aromatic carbocycles. The van der Waals surface area contributed by atoms with Gasteiger partial charge in [-0.1, -0.05) is 121 Å². The van der Waals surface area contributed by atoms with E-state index in [0.717, 1.165) is 0 Å². The Bertz CT molecular complexity index is 2080. The van der Waals surface area contributed by atoms with Crippen LogP contribution < -0.4 is 4.90 Å². The van der Waals surface area contributed by atoms with Gasteiger partial charge in [0.15, 0.2) is 0 Å². The van der Waals surface area contributed by atoms with E-state index in [-0.39, 0.29) is 0 Å². The van der Waals surface area contributed by atoms with E-state index in [2.05, 4.69) is 158 Å². The van der Waals surface area contributed by atoms with Gasteiger partial charge in [0.2, 0.25) is 0 Å². The lowest BCUT2D eigenvalue weighted by atomic mass is 9.86. The fourth-order valence-corrected chi connectivity index (χ4v) is 6.74. The van der Waals surface area contributed by atoms with Crippen LogP contribution in [0.1, 0.15) is 16.7 Å². The molecule has 1 heteroatoms. The molecule has 0 aliphatic heterocycles. The van der Waals surface area contributed by atoms with Crippen LogP contribution in [0, 0.1) is 6.92 Å². The Kier molecular flexibility index (Phi) is 6.12. The number of anilines is 2. The second-order valence-electron chi connectivity index (χ2n) is 11.8. The van der Waals surface area contributed by atoms with Crippen molar-refractivity contribution in [3.05, 3.63) is 156 Å². The topological polar surface area (TPSA) is 3.24 Å². The van der Waals surface area contributed by atoms with Crippen LogP contribution in [0.5, 0.6) is 0 Å². The molecule has 1 aliphatic rings. The number of rotatable bonds is 5. The van der Waals surface area contributed by atoms with E-state index in [0.29, 0.717) is 0 Å². The smallest absolute Gasteiger partial charge is 0.0414 e. The molecular formula is C42H33N. The predicted octanol–water partition coefficient (Wildman–Crippen LogP) is 11.2. The van der Waals surface area contributed by atoms with Crippen molar-refractivity contribution in [2.45, 2.75) is 19.8 Å². The summed E-state index contributed by atoms with van der Waals surface area (Å²) in [7, 11) is 2.16. The first kappa shape index (κ1) is 25.6. The Morgan fingerprint density at radius 3 is 1.47 bits per heavy atom. The molecule has 0 saturated carbocycles. The normalized spacial score (nSPS) is 12.2. The fourth-order valence-electron chi connectivity index (χ4n) is 6.74. The summed E-state index contributed by atoms with van der Waals surface area (Å²) < 4.78 is 0. The lowest BCUT2D eigenvalue weighted by Gasteiger charge is -2.22. The van der Waals surface area contributed by atoms with Crippen molar-refractivity contribution >= 4 is 32.9 Å². The summed E-state index contributed by atoms with van der Waals surface area (Å²) in [6.07, 6.45) is 2.42. The highest BCUT2D eigenvalue weighted by molar-refractivity contribution is 6.21. The van der Waals surface area contributed by atoms with Gasteiger partial charge in [-0.2, -0.15) is 0 Å². The van der Waals surface area contributed by atoms with E-state index < -0.39 is 0 Å². The molecule has 43 heavy (non-hydrogen) atoms. The Balaban J connectivity index is 1.20. The van der Waals surface area contributed by atoms with Gasteiger partial charge in [-0.3, -0.25) is 0 Å². The van der Waals surface area contributed by atoms with E-state index in [9.17, 15) is 0 Å². The molecule has 0 unspecified atom stereocenters. The molecule has 0 N–H and O–H groups in total. The van der Waals surface area contributed by atoms with Crippen LogP contribution in [0.3, 0.4) is 0 Å². The summed E-state index contributed by atoms with van der Waals surface area (Å²) in [4.78, 5) is 2.28. The van der Waals surface area contributed by atoms with Crippen molar-refractivity contribution in [2.24, 2.45) is 0 Å². The zero-order chi connectivity index (χ0) is 28.9. The average Bonchev–Trinajstić information content (AvgIpc) is 3.04. The third kappa shape index (κ3) is 4.40. The van der Waals surface area contributed by atoms with Crippen LogP contribution in [0.4, 0.5) is 11.4 Å². The van der Waals surface area contributed by atoms with E-state index in [1.807, 2.05) is 0 Å². The van der Waals surface area contributed by atoms with Gasteiger partial charge in [0.1, 0.15) is 0 Å². The van der Waals surface area contributed by atoms with Crippen LogP contribution >= 0.6 is 0 Å². The molecule has 0 fully saturated rings. The Hall–Kier alpha value is -5.14. The van der Waals surface area contributed by atoms with Crippen molar-refractivity contribution in [3.8, 4) is 33.4 Å². The molecule has 0 heterocycles. The standard InChI is InChI=1S/C42H33N/c1-28-14-16-30(17-15-28)41-37-10-3-5-12-39(37)42(40-13-6-4-11-38(40)41)31-22-24-35(25-23-31)43(2)36-9-7-8-32(27-36)34-21-19-29-18-20-33(29)26-34/h3-17,19,21-27H,18,20H2,1-2H3. The van der Waals surface area contributed by atoms with Gasteiger partial charge >= 0.3 is 0 Å². The number of fused-ring (bicyclic) bond motifs is 3. The van der Waals surface area contributed by atoms with Crippen molar-refractivity contribution in [1.29, 1.82) is 0 Å². The number of hydrogen-bond donors (Lipinski definition) is 0. The molecule has 206 valence electrons. The van der Waals surface area contributed by atoms with Crippen molar-refractivity contribution in [2.75, 3.05) is 11.9 Å². The first-order valence-electron chi connectivity index (χ1n) is 15.2. The van der Waals surface area contributed by atoms with Crippen LogP contribution in [0.25, 0.3) is 54.9 Å². The summed E-state index contributed by atoms with van der Waals surface area (Å²) in [5, 5.41) is 5.14. The molecule has 8 rings (SSSR count). The molecule has 0 saturated heterocycles. The molecule has 0 aromatic heterocycles. The zero-order valence-corrected chi connectivity index (χ0v) is 24.6. The number of hydrogen-bond acceptors (Lipinski definition) is 1. The molecule has 0 radical (unpaired) electrons. The summed E-state index contributed by atoms with van der Waals surface area (Å²) in [5.41, 5.74) is 14.3. The maximum Gasteiger partial charge on any atom is 0.0414 e. The highest BCUT2D eigenvalue weighted by Crippen LogP contribution is 2.44.